The number of benzene rings is 1. The molecule has 3 aliphatic rings. The molecule has 6 nitrogen and oxygen atoms in total. The summed E-state index contributed by atoms with van der Waals surface area (Å²) >= 11 is 0. The van der Waals surface area contributed by atoms with Gasteiger partial charge in [-0.2, -0.15) is 0 Å². The Morgan fingerprint density at radius 2 is 1.94 bits per heavy atom. The highest BCUT2D eigenvalue weighted by Crippen LogP contribution is 2.64. The number of nitrogens with one attached hydrogen (secondary N) is 1. The number of ether oxygens (including phenoxy) is 1. The van der Waals surface area contributed by atoms with Gasteiger partial charge in [-0.15, -0.1) is 0 Å². The number of fused-ring (bicyclic) bond motifs is 2. The van der Waals surface area contributed by atoms with Gasteiger partial charge in [0.1, 0.15) is 11.6 Å². The largest absolute Gasteiger partial charge is 0.490 e. The van der Waals surface area contributed by atoms with Crippen LogP contribution in [0.5, 0.6) is 5.75 Å². The SMILES string of the molecule is Cc1cnc(NC(=O)C(C2CC2)C2C3CC(Oc4ccnc5ccc(F)cc45)CC32)cn1. The Kier molecular flexibility index (Phi) is 4.59. The van der Waals surface area contributed by atoms with E-state index in [1.54, 1.807) is 24.7 Å². The number of carbonyl (C=O) groups is 1. The highest BCUT2D eigenvalue weighted by molar-refractivity contribution is 5.92. The molecule has 2 aromatic heterocycles. The van der Waals surface area contributed by atoms with Crippen molar-refractivity contribution < 1.29 is 13.9 Å². The topological polar surface area (TPSA) is 77.0 Å². The number of carbonyl (C=O) groups excluding carboxylic acids is 1. The Morgan fingerprint density at radius 1 is 1.12 bits per heavy atom. The molecular formula is C25H25FN4O2. The van der Waals surface area contributed by atoms with E-state index in [2.05, 4.69) is 20.3 Å². The molecule has 3 aliphatic carbocycles. The Bertz CT molecular complexity index is 1170. The molecule has 2 heterocycles. The number of halogens is 1. The third-order valence-electron chi connectivity index (χ3n) is 7.30. The second-order valence-electron chi connectivity index (χ2n) is 9.48. The molecular weight excluding hydrogens is 407 g/mol. The molecule has 1 aromatic carbocycles. The Morgan fingerprint density at radius 3 is 2.66 bits per heavy atom. The second-order valence-corrected chi connectivity index (χ2v) is 9.48. The van der Waals surface area contributed by atoms with Crippen LogP contribution in [0, 0.1) is 42.3 Å². The van der Waals surface area contributed by atoms with Gasteiger partial charge in [-0.05, 0) is 80.5 Å². The molecule has 0 bridgehead atoms. The van der Waals surface area contributed by atoms with Crippen molar-refractivity contribution in [2.45, 2.75) is 38.7 Å². The maximum absolute atomic E-state index is 13.7. The fourth-order valence-electron chi connectivity index (χ4n) is 5.67. The van der Waals surface area contributed by atoms with Crippen molar-refractivity contribution in [1.82, 2.24) is 15.0 Å². The zero-order valence-corrected chi connectivity index (χ0v) is 17.9. The molecule has 3 atom stereocenters. The van der Waals surface area contributed by atoms with E-state index in [4.69, 9.17) is 4.74 Å². The van der Waals surface area contributed by atoms with E-state index in [1.807, 2.05) is 13.0 Å². The van der Waals surface area contributed by atoms with Gasteiger partial charge in [-0.1, -0.05) is 0 Å². The molecule has 32 heavy (non-hydrogen) atoms. The summed E-state index contributed by atoms with van der Waals surface area (Å²) in [5, 5.41) is 3.70. The molecule has 0 aliphatic heterocycles. The van der Waals surface area contributed by atoms with Crippen LogP contribution in [0.25, 0.3) is 10.9 Å². The Labute approximate surface area is 185 Å². The van der Waals surface area contributed by atoms with Gasteiger partial charge in [0.25, 0.3) is 0 Å². The van der Waals surface area contributed by atoms with Crippen LogP contribution in [0.4, 0.5) is 10.2 Å². The van der Waals surface area contributed by atoms with Crippen LogP contribution in [0.15, 0.2) is 42.9 Å². The van der Waals surface area contributed by atoms with Crippen molar-refractivity contribution >= 4 is 22.6 Å². The summed E-state index contributed by atoms with van der Waals surface area (Å²) in [4.78, 5) is 25.9. The third-order valence-corrected chi connectivity index (χ3v) is 7.30. The van der Waals surface area contributed by atoms with Gasteiger partial charge in [-0.3, -0.25) is 14.8 Å². The highest BCUT2D eigenvalue weighted by atomic mass is 19.1. The number of aromatic nitrogens is 3. The Hall–Kier alpha value is -3.09. The number of hydrogen-bond donors (Lipinski definition) is 1. The van der Waals surface area contributed by atoms with E-state index in [-0.39, 0.29) is 23.7 Å². The normalized spacial score (nSPS) is 27.1. The monoisotopic (exact) mass is 432 g/mol. The number of amides is 1. The average Bonchev–Trinajstić information content (AvgIpc) is 3.69. The number of hydrogen-bond acceptors (Lipinski definition) is 5. The van der Waals surface area contributed by atoms with Crippen LogP contribution in [-0.2, 0) is 4.79 Å². The van der Waals surface area contributed by atoms with Gasteiger partial charge in [-0.25, -0.2) is 9.37 Å². The predicted octanol–water partition coefficient (Wildman–Crippen LogP) is 4.54. The van der Waals surface area contributed by atoms with E-state index in [0.29, 0.717) is 40.6 Å². The van der Waals surface area contributed by atoms with E-state index < -0.39 is 0 Å². The summed E-state index contributed by atoms with van der Waals surface area (Å²) in [5.74, 6) is 2.99. The first-order valence-electron chi connectivity index (χ1n) is 11.4. The number of aryl methyl sites for hydroxylation is 1. The van der Waals surface area contributed by atoms with Crippen molar-refractivity contribution in [3.8, 4) is 5.75 Å². The molecule has 1 N–H and O–H groups in total. The van der Waals surface area contributed by atoms with Gasteiger partial charge < -0.3 is 10.1 Å². The minimum absolute atomic E-state index is 0.0462. The quantitative estimate of drug-likeness (QED) is 0.619. The lowest BCUT2D eigenvalue weighted by Crippen LogP contribution is -2.29. The Balaban J connectivity index is 1.12. The molecule has 7 heteroatoms. The lowest BCUT2D eigenvalue weighted by Gasteiger charge is -2.22. The molecule has 3 saturated carbocycles. The van der Waals surface area contributed by atoms with Crippen LogP contribution >= 0.6 is 0 Å². The molecule has 0 saturated heterocycles. The van der Waals surface area contributed by atoms with Crippen molar-refractivity contribution in [3.05, 3.63) is 54.4 Å². The minimum atomic E-state index is -0.291. The standard InChI is InChI=1S/C25H25FN4O2/c1-13-11-29-22(12-28-13)30-25(31)23(14-2-3-14)24-17-9-16(10-18(17)24)32-21-6-7-27-20-5-4-15(26)8-19(20)21/h4-8,11-12,14,16-18,23-24H,2-3,9-10H2,1H3,(H,29,30,31). The highest BCUT2D eigenvalue weighted by Gasteiger charge is 2.63. The zero-order valence-electron chi connectivity index (χ0n) is 17.9. The third kappa shape index (κ3) is 3.59. The summed E-state index contributed by atoms with van der Waals surface area (Å²) in [6, 6.07) is 6.39. The van der Waals surface area contributed by atoms with Crippen molar-refractivity contribution in [1.29, 1.82) is 0 Å². The van der Waals surface area contributed by atoms with E-state index in [1.165, 1.54) is 12.1 Å². The summed E-state index contributed by atoms with van der Waals surface area (Å²) in [7, 11) is 0. The van der Waals surface area contributed by atoms with Gasteiger partial charge >= 0.3 is 0 Å². The summed E-state index contributed by atoms with van der Waals surface area (Å²) < 4.78 is 20.0. The van der Waals surface area contributed by atoms with E-state index >= 15 is 0 Å². The van der Waals surface area contributed by atoms with Gasteiger partial charge in [0.05, 0.1) is 29.7 Å². The fourth-order valence-corrected chi connectivity index (χ4v) is 5.67. The smallest absolute Gasteiger partial charge is 0.229 e. The number of rotatable bonds is 6. The van der Waals surface area contributed by atoms with Crippen LogP contribution in [0.1, 0.15) is 31.4 Å². The molecule has 1 amide bonds. The zero-order chi connectivity index (χ0) is 21.8. The van der Waals surface area contributed by atoms with Gasteiger partial charge in [0.2, 0.25) is 5.91 Å². The minimum Gasteiger partial charge on any atom is -0.490 e. The molecule has 3 aromatic rings. The first kappa shape index (κ1) is 19.6. The molecule has 3 fully saturated rings. The van der Waals surface area contributed by atoms with Crippen molar-refractivity contribution in [2.24, 2.45) is 29.6 Å². The van der Waals surface area contributed by atoms with Crippen molar-refractivity contribution in [2.75, 3.05) is 5.32 Å². The van der Waals surface area contributed by atoms with Crippen LogP contribution < -0.4 is 10.1 Å². The number of anilines is 1. The molecule has 0 radical (unpaired) electrons. The first-order valence-corrected chi connectivity index (χ1v) is 11.4. The lowest BCUT2D eigenvalue weighted by molar-refractivity contribution is -0.121. The molecule has 0 spiro atoms. The second kappa shape index (κ2) is 7.50. The molecule has 6 rings (SSSR count). The van der Waals surface area contributed by atoms with Crippen molar-refractivity contribution in [3.63, 3.8) is 0 Å². The predicted molar refractivity (Wildman–Crippen MR) is 117 cm³/mol. The van der Waals surface area contributed by atoms with Crippen LogP contribution in [0.2, 0.25) is 0 Å². The number of nitrogens with zero attached hydrogens (tertiary/aromatic N) is 3. The fraction of sp³-hybridized carbons (Fsp3) is 0.440. The molecule has 164 valence electrons. The lowest BCUT2D eigenvalue weighted by atomic mass is 9.91. The van der Waals surface area contributed by atoms with Crippen LogP contribution in [-0.4, -0.2) is 27.0 Å². The summed E-state index contributed by atoms with van der Waals surface area (Å²) in [6.07, 6.45) is 9.23. The molecule has 3 unspecified atom stereocenters. The van der Waals surface area contributed by atoms with E-state index in [0.717, 1.165) is 36.9 Å². The maximum atomic E-state index is 13.7. The van der Waals surface area contributed by atoms with Gasteiger partial charge in [0, 0.05) is 17.5 Å². The average molecular weight is 432 g/mol. The van der Waals surface area contributed by atoms with E-state index in [9.17, 15) is 9.18 Å². The number of pyridine rings is 1. The van der Waals surface area contributed by atoms with Gasteiger partial charge in [0.15, 0.2) is 5.82 Å². The summed E-state index contributed by atoms with van der Waals surface area (Å²) in [6.45, 7) is 1.88. The first-order chi connectivity index (χ1) is 15.6. The maximum Gasteiger partial charge on any atom is 0.229 e. The van der Waals surface area contributed by atoms with Crippen LogP contribution in [0.3, 0.4) is 0 Å². The summed E-state index contributed by atoms with van der Waals surface area (Å²) in [5.41, 5.74) is 1.56.